The number of nitrogens with one attached hydrogen (secondary N) is 1. The van der Waals surface area contributed by atoms with Crippen molar-refractivity contribution in [1.82, 2.24) is 20.3 Å². The summed E-state index contributed by atoms with van der Waals surface area (Å²) < 4.78 is 0. The number of hydrogen-bond acceptors (Lipinski definition) is 5. The maximum atomic E-state index is 11.9. The first-order valence-electron chi connectivity index (χ1n) is 6.37. The molecule has 1 amide bonds. The van der Waals surface area contributed by atoms with E-state index in [2.05, 4.69) is 20.3 Å². The van der Waals surface area contributed by atoms with Crippen LogP contribution in [0.25, 0.3) is 10.7 Å². The van der Waals surface area contributed by atoms with Gasteiger partial charge in [-0.2, -0.15) is 0 Å². The largest absolute Gasteiger partial charge is 0.346 e. The average molecular weight is 296 g/mol. The van der Waals surface area contributed by atoms with E-state index in [1.807, 2.05) is 23.6 Å². The van der Waals surface area contributed by atoms with Crippen molar-refractivity contribution >= 4 is 17.2 Å². The maximum absolute atomic E-state index is 11.9. The molecule has 1 N–H and O–H groups in total. The Morgan fingerprint density at radius 2 is 2.00 bits per heavy atom. The van der Waals surface area contributed by atoms with Crippen LogP contribution in [0.2, 0.25) is 0 Å². The molecule has 21 heavy (non-hydrogen) atoms. The fourth-order valence-corrected chi connectivity index (χ4v) is 2.57. The summed E-state index contributed by atoms with van der Waals surface area (Å²) in [6, 6.07) is 9.06. The smallest absolute Gasteiger partial charge is 0.251 e. The van der Waals surface area contributed by atoms with Gasteiger partial charge in [0.15, 0.2) is 0 Å². The Morgan fingerprint density at radius 3 is 2.76 bits per heavy atom. The van der Waals surface area contributed by atoms with Gasteiger partial charge in [-0.3, -0.25) is 14.8 Å². The summed E-state index contributed by atoms with van der Waals surface area (Å²) in [4.78, 5) is 24.5. The highest BCUT2D eigenvalue weighted by Crippen LogP contribution is 2.21. The van der Waals surface area contributed by atoms with E-state index in [1.54, 1.807) is 30.7 Å². The van der Waals surface area contributed by atoms with Crippen LogP contribution in [-0.4, -0.2) is 20.9 Å². The van der Waals surface area contributed by atoms with Crippen LogP contribution >= 0.6 is 11.3 Å². The second kappa shape index (κ2) is 6.23. The molecule has 3 aromatic rings. The fourth-order valence-electron chi connectivity index (χ4n) is 1.77. The fraction of sp³-hybridized carbons (Fsp3) is 0.0667. The van der Waals surface area contributed by atoms with Crippen LogP contribution in [0.5, 0.6) is 0 Å². The summed E-state index contributed by atoms with van der Waals surface area (Å²) in [6.45, 7) is 0.393. The number of aromatic nitrogens is 3. The van der Waals surface area contributed by atoms with Gasteiger partial charge >= 0.3 is 0 Å². The molecular formula is C15H12N4OS. The van der Waals surface area contributed by atoms with Crippen LogP contribution in [0, 0.1) is 0 Å². The van der Waals surface area contributed by atoms with E-state index in [1.165, 1.54) is 11.3 Å². The molecule has 6 heteroatoms. The van der Waals surface area contributed by atoms with Gasteiger partial charge in [-0.15, -0.1) is 11.3 Å². The lowest BCUT2D eigenvalue weighted by molar-refractivity contribution is 0.0950. The number of rotatable bonds is 4. The Labute approximate surface area is 125 Å². The van der Waals surface area contributed by atoms with E-state index in [9.17, 15) is 4.79 Å². The number of amides is 1. The molecule has 0 fully saturated rings. The standard InChI is InChI=1S/C15H12N4OS/c20-14(11-4-7-16-8-5-11)18-9-12-10-21-15(19-12)13-3-1-2-6-17-13/h1-8,10H,9H2,(H,18,20). The zero-order chi connectivity index (χ0) is 14.5. The topological polar surface area (TPSA) is 67.8 Å². The molecule has 3 aromatic heterocycles. The molecule has 3 heterocycles. The third kappa shape index (κ3) is 3.29. The number of hydrogen-bond donors (Lipinski definition) is 1. The van der Waals surface area contributed by atoms with Gasteiger partial charge in [0.25, 0.3) is 5.91 Å². The number of pyridine rings is 2. The predicted molar refractivity (Wildman–Crippen MR) is 80.8 cm³/mol. The van der Waals surface area contributed by atoms with Crippen molar-refractivity contribution in [1.29, 1.82) is 0 Å². The molecule has 0 saturated carbocycles. The van der Waals surface area contributed by atoms with E-state index in [0.29, 0.717) is 12.1 Å². The van der Waals surface area contributed by atoms with Crippen LogP contribution < -0.4 is 5.32 Å². The summed E-state index contributed by atoms with van der Waals surface area (Å²) in [5, 5.41) is 5.62. The van der Waals surface area contributed by atoms with Gasteiger partial charge in [0, 0.05) is 29.5 Å². The second-order valence-electron chi connectivity index (χ2n) is 4.28. The van der Waals surface area contributed by atoms with Gasteiger partial charge < -0.3 is 5.32 Å². The Bertz CT molecular complexity index is 728. The lowest BCUT2D eigenvalue weighted by Gasteiger charge is -2.02. The van der Waals surface area contributed by atoms with Crippen molar-refractivity contribution in [3.8, 4) is 10.7 Å². The molecule has 0 aliphatic heterocycles. The summed E-state index contributed by atoms with van der Waals surface area (Å²) in [5.41, 5.74) is 2.25. The summed E-state index contributed by atoms with van der Waals surface area (Å²) >= 11 is 1.52. The van der Waals surface area contributed by atoms with Crippen LogP contribution in [0.1, 0.15) is 16.1 Å². The molecular weight excluding hydrogens is 284 g/mol. The minimum Gasteiger partial charge on any atom is -0.346 e. The van der Waals surface area contributed by atoms with Crippen LogP contribution in [0.15, 0.2) is 54.3 Å². The molecule has 0 unspecified atom stereocenters. The number of nitrogens with zero attached hydrogens (tertiary/aromatic N) is 3. The molecule has 0 aliphatic rings. The van der Waals surface area contributed by atoms with E-state index < -0.39 is 0 Å². The second-order valence-corrected chi connectivity index (χ2v) is 5.14. The highest BCUT2D eigenvalue weighted by atomic mass is 32.1. The Morgan fingerprint density at radius 1 is 1.14 bits per heavy atom. The molecule has 104 valence electrons. The summed E-state index contributed by atoms with van der Waals surface area (Å²) in [5.74, 6) is -0.134. The van der Waals surface area contributed by atoms with E-state index >= 15 is 0 Å². The number of carbonyl (C=O) groups excluding carboxylic acids is 1. The molecule has 0 spiro atoms. The maximum Gasteiger partial charge on any atom is 0.251 e. The van der Waals surface area contributed by atoms with Gasteiger partial charge in [-0.1, -0.05) is 6.07 Å². The van der Waals surface area contributed by atoms with Gasteiger partial charge in [0.1, 0.15) is 5.01 Å². The third-order valence-corrected chi connectivity index (χ3v) is 3.72. The average Bonchev–Trinajstić information content (AvgIpc) is 3.03. The molecule has 0 radical (unpaired) electrons. The minimum atomic E-state index is -0.134. The van der Waals surface area contributed by atoms with Crippen molar-refractivity contribution in [2.24, 2.45) is 0 Å². The normalized spacial score (nSPS) is 10.3. The van der Waals surface area contributed by atoms with Crippen molar-refractivity contribution in [2.45, 2.75) is 6.54 Å². The van der Waals surface area contributed by atoms with Crippen LogP contribution in [0.4, 0.5) is 0 Å². The lowest BCUT2D eigenvalue weighted by atomic mass is 10.2. The first-order chi connectivity index (χ1) is 10.3. The van der Waals surface area contributed by atoms with Crippen molar-refractivity contribution < 1.29 is 4.79 Å². The molecule has 0 saturated heterocycles. The summed E-state index contributed by atoms with van der Waals surface area (Å²) in [7, 11) is 0. The first-order valence-corrected chi connectivity index (χ1v) is 7.25. The zero-order valence-corrected chi connectivity index (χ0v) is 11.9. The third-order valence-electron chi connectivity index (χ3n) is 2.81. The van der Waals surface area contributed by atoms with E-state index in [4.69, 9.17) is 0 Å². The minimum absolute atomic E-state index is 0.134. The highest BCUT2D eigenvalue weighted by Gasteiger charge is 2.08. The van der Waals surface area contributed by atoms with Crippen LogP contribution in [0.3, 0.4) is 0 Å². The number of carbonyl (C=O) groups is 1. The van der Waals surface area contributed by atoms with Gasteiger partial charge in [-0.05, 0) is 24.3 Å². The molecule has 0 aliphatic carbocycles. The van der Waals surface area contributed by atoms with Crippen molar-refractivity contribution in [2.75, 3.05) is 0 Å². The van der Waals surface area contributed by atoms with Crippen molar-refractivity contribution in [3.63, 3.8) is 0 Å². The Balaban J connectivity index is 1.64. The highest BCUT2D eigenvalue weighted by molar-refractivity contribution is 7.13. The molecule has 3 rings (SSSR count). The molecule has 5 nitrogen and oxygen atoms in total. The Hall–Kier alpha value is -2.60. The first kappa shape index (κ1) is 13.4. The monoisotopic (exact) mass is 296 g/mol. The van der Waals surface area contributed by atoms with Crippen molar-refractivity contribution in [3.05, 3.63) is 65.6 Å². The van der Waals surface area contributed by atoms with E-state index in [0.717, 1.165) is 16.4 Å². The molecule has 0 atom stereocenters. The van der Waals surface area contributed by atoms with Gasteiger partial charge in [-0.25, -0.2) is 4.98 Å². The molecule has 0 aromatic carbocycles. The quantitative estimate of drug-likeness (QED) is 0.803. The van der Waals surface area contributed by atoms with Gasteiger partial charge in [0.2, 0.25) is 0 Å². The number of thiazole rings is 1. The lowest BCUT2D eigenvalue weighted by Crippen LogP contribution is -2.22. The van der Waals surface area contributed by atoms with Gasteiger partial charge in [0.05, 0.1) is 17.9 Å². The van der Waals surface area contributed by atoms with Crippen LogP contribution in [-0.2, 0) is 6.54 Å². The Kier molecular flexibility index (Phi) is 3.97. The van der Waals surface area contributed by atoms with E-state index in [-0.39, 0.29) is 5.91 Å². The predicted octanol–water partition coefficient (Wildman–Crippen LogP) is 2.53. The summed E-state index contributed by atoms with van der Waals surface area (Å²) in [6.07, 6.45) is 4.93. The molecule has 0 bridgehead atoms. The SMILES string of the molecule is O=C(NCc1csc(-c2ccccn2)n1)c1ccncc1. The zero-order valence-electron chi connectivity index (χ0n) is 11.1.